The third-order valence-corrected chi connectivity index (χ3v) is 2.02. The van der Waals surface area contributed by atoms with Gasteiger partial charge in [-0.05, 0) is 13.2 Å². The summed E-state index contributed by atoms with van der Waals surface area (Å²) in [5.74, 6) is 2.35. The highest BCUT2D eigenvalue weighted by atomic mass is 32.2. The molecule has 0 amide bonds. The van der Waals surface area contributed by atoms with E-state index in [-0.39, 0.29) is 0 Å². The molecular formula is C7H16N2S. The van der Waals surface area contributed by atoms with E-state index in [0.717, 1.165) is 18.8 Å². The third-order valence-electron chi connectivity index (χ3n) is 1.03. The van der Waals surface area contributed by atoms with Gasteiger partial charge >= 0.3 is 0 Å². The van der Waals surface area contributed by atoms with Crippen LogP contribution in [0.2, 0.25) is 0 Å². The van der Waals surface area contributed by atoms with Gasteiger partial charge < -0.3 is 10.6 Å². The summed E-state index contributed by atoms with van der Waals surface area (Å²) >= 11 is 1.94. The quantitative estimate of drug-likeness (QED) is 0.535. The van der Waals surface area contributed by atoms with Crippen molar-refractivity contribution in [2.45, 2.75) is 0 Å². The van der Waals surface area contributed by atoms with Crippen LogP contribution >= 0.6 is 11.8 Å². The van der Waals surface area contributed by atoms with Crippen molar-refractivity contribution in [3.05, 3.63) is 12.8 Å². The second kappa shape index (κ2) is 8.85. The average molecular weight is 160 g/mol. The van der Waals surface area contributed by atoms with Gasteiger partial charge in [0.2, 0.25) is 0 Å². The van der Waals surface area contributed by atoms with Crippen LogP contribution in [0.3, 0.4) is 0 Å². The standard InChI is InChI=1S/C7H16N2S/c1-3-9-5-7-10-6-4-8-2/h3,8-9H,1,4-7H2,2H3. The zero-order valence-corrected chi connectivity index (χ0v) is 7.34. The maximum atomic E-state index is 3.56. The molecule has 0 atom stereocenters. The van der Waals surface area contributed by atoms with Crippen LogP contribution in [0.4, 0.5) is 0 Å². The Hall–Kier alpha value is -0.150. The van der Waals surface area contributed by atoms with Crippen LogP contribution in [-0.4, -0.2) is 31.6 Å². The minimum absolute atomic E-state index is 1.03. The predicted molar refractivity (Wildman–Crippen MR) is 49.5 cm³/mol. The van der Waals surface area contributed by atoms with Crippen molar-refractivity contribution in [2.24, 2.45) is 0 Å². The van der Waals surface area contributed by atoms with Crippen LogP contribution in [-0.2, 0) is 0 Å². The summed E-state index contributed by atoms with van der Waals surface area (Å²) in [5.41, 5.74) is 0. The Morgan fingerprint density at radius 1 is 1.40 bits per heavy atom. The summed E-state index contributed by atoms with van der Waals surface area (Å²) in [7, 11) is 1.97. The van der Waals surface area contributed by atoms with Crippen molar-refractivity contribution in [3.8, 4) is 0 Å². The van der Waals surface area contributed by atoms with Crippen LogP contribution in [0.5, 0.6) is 0 Å². The minimum atomic E-state index is 1.03. The van der Waals surface area contributed by atoms with Gasteiger partial charge in [0.15, 0.2) is 0 Å². The molecular weight excluding hydrogens is 144 g/mol. The Bertz CT molecular complexity index is 76.0. The number of rotatable bonds is 7. The smallest absolute Gasteiger partial charge is 0.0232 e. The predicted octanol–water partition coefficient (Wildman–Crippen LogP) is 0.672. The second-order valence-electron chi connectivity index (χ2n) is 1.87. The number of nitrogens with one attached hydrogen (secondary N) is 2. The topological polar surface area (TPSA) is 24.1 Å². The highest BCUT2D eigenvalue weighted by Gasteiger charge is 1.84. The largest absolute Gasteiger partial charge is 0.391 e. The highest BCUT2D eigenvalue weighted by Crippen LogP contribution is 1.95. The monoisotopic (exact) mass is 160 g/mol. The first kappa shape index (κ1) is 9.85. The van der Waals surface area contributed by atoms with Crippen molar-refractivity contribution in [1.29, 1.82) is 0 Å². The van der Waals surface area contributed by atoms with Gasteiger partial charge in [0.05, 0.1) is 0 Å². The fourth-order valence-electron chi connectivity index (χ4n) is 0.509. The van der Waals surface area contributed by atoms with Crippen LogP contribution in [0.25, 0.3) is 0 Å². The second-order valence-corrected chi connectivity index (χ2v) is 3.10. The van der Waals surface area contributed by atoms with Gasteiger partial charge in [-0.25, -0.2) is 0 Å². The Balaban J connectivity index is 2.70. The lowest BCUT2D eigenvalue weighted by Crippen LogP contribution is -2.13. The van der Waals surface area contributed by atoms with Crippen LogP contribution < -0.4 is 10.6 Å². The third kappa shape index (κ3) is 7.85. The molecule has 0 radical (unpaired) electrons. The molecule has 0 fully saturated rings. The van der Waals surface area contributed by atoms with Gasteiger partial charge in [-0.15, -0.1) is 0 Å². The van der Waals surface area contributed by atoms with E-state index in [0.29, 0.717) is 0 Å². The molecule has 0 bridgehead atoms. The minimum Gasteiger partial charge on any atom is -0.391 e. The molecule has 0 saturated heterocycles. The van der Waals surface area contributed by atoms with Crippen molar-refractivity contribution in [1.82, 2.24) is 10.6 Å². The number of thioether (sulfide) groups is 1. The average Bonchev–Trinajstić information content (AvgIpc) is 1.97. The van der Waals surface area contributed by atoms with E-state index in [9.17, 15) is 0 Å². The SMILES string of the molecule is C=CNCCSCCNC. The van der Waals surface area contributed by atoms with E-state index < -0.39 is 0 Å². The summed E-state index contributed by atoms with van der Waals surface area (Å²) in [6, 6.07) is 0. The van der Waals surface area contributed by atoms with Crippen LogP contribution in [0, 0.1) is 0 Å². The van der Waals surface area contributed by atoms with Gasteiger partial charge in [-0.3, -0.25) is 0 Å². The molecule has 2 N–H and O–H groups in total. The first-order valence-corrected chi connectivity index (χ1v) is 4.64. The molecule has 0 rings (SSSR count). The molecule has 2 nitrogen and oxygen atoms in total. The Labute approximate surface area is 67.5 Å². The van der Waals surface area contributed by atoms with E-state index in [1.807, 2.05) is 18.8 Å². The Kier molecular flexibility index (Phi) is 8.72. The maximum Gasteiger partial charge on any atom is 0.0232 e. The molecule has 10 heavy (non-hydrogen) atoms. The Morgan fingerprint density at radius 2 is 2.10 bits per heavy atom. The molecule has 0 unspecified atom stereocenters. The van der Waals surface area contributed by atoms with Gasteiger partial charge in [-0.2, -0.15) is 11.8 Å². The van der Waals surface area contributed by atoms with Gasteiger partial charge in [0.1, 0.15) is 0 Å². The van der Waals surface area contributed by atoms with Crippen molar-refractivity contribution >= 4 is 11.8 Å². The lowest BCUT2D eigenvalue weighted by molar-refractivity contribution is 0.869. The van der Waals surface area contributed by atoms with Crippen molar-refractivity contribution < 1.29 is 0 Å². The fourth-order valence-corrected chi connectivity index (χ4v) is 1.32. The lowest BCUT2D eigenvalue weighted by Gasteiger charge is -2.00. The lowest BCUT2D eigenvalue weighted by atomic mass is 10.7. The summed E-state index contributed by atoms with van der Waals surface area (Å²) in [5, 5.41) is 6.15. The molecule has 0 heterocycles. The summed E-state index contributed by atoms with van der Waals surface area (Å²) in [6.45, 7) is 5.68. The molecule has 0 saturated carbocycles. The van der Waals surface area contributed by atoms with E-state index in [2.05, 4.69) is 17.2 Å². The fraction of sp³-hybridized carbons (Fsp3) is 0.714. The van der Waals surface area contributed by atoms with Gasteiger partial charge in [-0.1, -0.05) is 6.58 Å². The zero-order chi connectivity index (χ0) is 7.66. The molecule has 0 aromatic carbocycles. The molecule has 60 valence electrons. The molecule has 0 aliphatic rings. The zero-order valence-electron chi connectivity index (χ0n) is 6.52. The molecule has 0 aromatic rings. The van der Waals surface area contributed by atoms with Crippen LogP contribution in [0.1, 0.15) is 0 Å². The normalized spacial score (nSPS) is 9.30. The number of hydrogen-bond acceptors (Lipinski definition) is 3. The van der Waals surface area contributed by atoms with E-state index >= 15 is 0 Å². The molecule has 3 heteroatoms. The van der Waals surface area contributed by atoms with E-state index in [4.69, 9.17) is 0 Å². The van der Waals surface area contributed by atoms with Crippen molar-refractivity contribution in [3.63, 3.8) is 0 Å². The van der Waals surface area contributed by atoms with Crippen LogP contribution in [0.15, 0.2) is 12.8 Å². The van der Waals surface area contributed by atoms with E-state index in [1.165, 1.54) is 5.75 Å². The Morgan fingerprint density at radius 3 is 2.70 bits per heavy atom. The highest BCUT2D eigenvalue weighted by molar-refractivity contribution is 7.99. The summed E-state index contributed by atoms with van der Waals surface area (Å²) < 4.78 is 0. The molecule has 0 aromatic heterocycles. The first-order chi connectivity index (χ1) is 4.91. The number of hydrogen-bond donors (Lipinski definition) is 2. The first-order valence-electron chi connectivity index (χ1n) is 3.48. The molecule has 0 spiro atoms. The molecule has 0 aliphatic heterocycles. The maximum absolute atomic E-state index is 3.56. The van der Waals surface area contributed by atoms with E-state index in [1.54, 1.807) is 6.20 Å². The van der Waals surface area contributed by atoms with Gasteiger partial charge in [0, 0.05) is 24.6 Å². The molecule has 0 aliphatic carbocycles. The van der Waals surface area contributed by atoms with Crippen molar-refractivity contribution in [2.75, 3.05) is 31.6 Å². The summed E-state index contributed by atoms with van der Waals surface area (Å²) in [6.07, 6.45) is 1.73. The summed E-state index contributed by atoms with van der Waals surface area (Å²) in [4.78, 5) is 0. The van der Waals surface area contributed by atoms with Gasteiger partial charge in [0.25, 0.3) is 0 Å².